The van der Waals surface area contributed by atoms with Gasteiger partial charge < -0.3 is 5.73 Å². The van der Waals surface area contributed by atoms with Crippen LogP contribution in [0.1, 0.15) is 24.6 Å². The number of rotatable bonds is 2. The first-order valence-corrected chi connectivity index (χ1v) is 6.81. The van der Waals surface area contributed by atoms with Gasteiger partial charge in [0.15, 0.2) is 5.82 Å². The minimum Gasteiger partial charge on any atom is -0.398 e. The molecule has 4 rings (SSSR count). The Labute approximate surface area is 111 Å². The van der Waals surface area contributed by atoms with Crippen molar-refractivity contribution in [1.82, 2.24) is 19.8 Å². The van der Waals surface area contributed by atoms with Crippen molar-refractivity contribution in [2.45, 2.75) is 18.8 Å². The van der Waals surface area contributed by atoms with Crippen LogP contribution >= 0.6 is 11.3 Å². The maximum Gasteiger partial charge on any atom is 0.234 e. The Morgan fingerprint density at radius 3 is 2.89 bits per heavy atom. The number of aromatic nitrogens is 4. The quantitative estimate of drug-likeness (QED) is 0.729. The molecule has 5 nitrogen and oxygen atoms in total. The third kappa shape index (κ3) is 1.69. The summed E-state index contributed by atoms with van der Waals surface area (Å²) in [6.45, 7) is 0. The molecule has 1 aliphatic carbocycles. The van der Waals surface area contributed by atoms with E-state index >= 15 is 0 Å². The lowest BCUT2D eigenvalue weighted by atomic mass is 10.2. The van der Waals surface area contributed by atoms with E-state index < -0.39 is 0 Å². The molecule has 2 N–H and O–H groups in total. The van der Waals surface area contributed by atoms with Gasteiger partial charge in [0.25, 0.3) is 0 Å². The van der Waals surface area contributed by atoms with E-state index in [0.717, 1.165) is 34.2 Å². The second-order valence-corrected chi connectivity index (χ2v) is 5.62. The number of nitrogens with zero attached hydrogens (tertiary/aromatic N) is 4. The predicted octanol–water partition coefficient (Wildman–Crippen LogP) is 2.45. The SMILES string of the molecule is Nc1cc(F)ccc1-c1nn2c(C3CC3)nnc2s1. The highest BCUT2D eigenvalue weighted by Gasteiger charge is 2.30. The van der Waals surface area contributed by atoms with Crippen LogP contribution < -0.4 is 5.73 Å². The molecule has 1 saturated carbocycles. The van der Waals surface area contributed by atoms with Crippen molar-refractivity contribution < 1.29 is 4.39 Å². The predicted molar refractivity (Wildman–Crippen MR) is 70.4 cm³/mol. The van der Waals surface area contributed by atoms with Crippen molar-refractivity contribution in [2.75, 3.05) is 5.73 Å². The number of hydrogen-bond acceptors (Lipinski definition) is 5. The van der Waals surface area contributed by atoms with Crippen molar-refractivity contribution in [2.24, 2.45) is 0 Å². The average molecular weight is 275 g/mol. The molecule has 2 heterocycles. The number of fused-ring (bicyclic) bond motifs is 1. The van der Waals surface area contributed by atoms with Gasteiger partial charge in [-0.1, -0.05) is 11.3 Å². The molecular weight excluding hydrogens is 265 g/mol. The van der Waals surface area contributed by atoms with Gasteiger partial charge in [0.05, 0.1) is 0 Å². The zero-order chi connectivity index (χ0) is 13.0. The molecule has 0 radical (unpaired) electrons. The number of benzene rings is 1. The summed E-state index contributed by atoms with van der Waals surface area (Å²) in [6, 6.07) is 4.34. The van der Waals surface area contributed by atoms with Gasteiger partial charge in [0, 0.05) is 17.2 Å². The molecule has 19 heavy (non-hydrogen) atoms. The van der Waals surface area contributed by atoms with Gasteiger partial charge in [-0.05, 0) is 31.0 Å². The third-order valence-corrected chi connectivity index (χ3v) is 4.13. The fraction of sp³-hybridized carbons (Fsp3) is 0.250. The Kier molecular flexibility index (Phi) is 2.14. The smallest absolute Gasteiger partial charge is 0.234 e. The van der Waals surface area contributed by atoms with E-state index in [-0.39, 0.29) is 5.82 Å². The summed E-state index contributed by atoms with van der Waals surface area (Å²) in [5, 5.41) is 13.5. The van der Waals surface area contributed by atoms with Crippen LogP contribution in [0.5, 0.6) is 0 Å². The summed E-state index contributed by atoms with van der Waals surface area (Å²) in [5.74, 6) is 1.05. The fourth-order valence-corrected chi connectivity index (χ4v) is 2.96. The number of halogens is 1. The Bertz CT molecular complexity index is 774. The van der Waals surface area contributed by atoms with E-state index in [2.05, 4.69) is 15.3 Å². The molecule has 0 aliphatic heterocycles. The molecule has 0 bridgehead atoms. The van der Waals surface area contributed by atoms with E-state index in [1.54, 1.807) is 10.6 Å². The normalized spacial score (nSPS) is 15.2. The molecule has 2 aromatic heterocycles. The van der Waals surface area contributed by atoms with Gasteiger partial charge in [-0.15, -0.1) is 10.2 Å². The minimum atomic E-state index is -0.345. The van der Waals surface area contributed by atoms with Crippen molar-refractivity contribution in [3.63, 3.8) is 0 Å². The van der Waals surface area contributed by atoms with Crippen LogP contribution in [0.25, 0.3) is 15.5 Å². The lowest BCUT2D eigenvalue weighted by molar-refractivity contribution is 0.628. The molecule has 3 aromatic rings. The first-order valence-electron chi connectivity index (χ1n) is 6.00. The van der Waals surface area contributed by atoms with E-state index in [1.807, 2.05) is 0 Å². The first kappa shape index (κ1) is 10.9. The monoisotopic (exact) mass is 275 g/mol. The Morgan fingerprint density at radius 1 is 1.32 bits per heavy atom. The van der Waals surface area contributed by atoms with Crippen LogP contribution in [-0.4, -0.2) is 19.8 Å². The number of nitrogen functional groups attached to an aromatic ring is 1. The van der Waals surface area contributed by atoms with Gasteiger partial charge in [-0.2, -0.15) is 9.61 Å². The minimum absolute atomic E-state index is 0.345. The van der Waals surface area contributed by atoms with Gasteiger partial charge in [-0.25, -0.2) is 4.39 Å². The Morgan fingerprint density at radius 2 is 2.16 bits per heavy atom. The van der Waals surface area contributed by atoms with E-state index in [4.69, 9.17) is 5.73 Å². The highest BCUT2D eigenvalue weighted by molar-refractivity contribution is 7.19. The maximum atomic E-state index is 13.1. The van der Waals surface area contributed by atoms with Crippen LogP contribution in [0.2, 0.25) is 0 Å². The fourth-order valence-electron chi connectivity index (χ4n) is 2.07. The van der Waals surface area contributed by atoms with E-state index in [0.29, 0.717) is 11.6 Å². The number of hydrogen-bond donors (Lipinski definition) is 1. The van der Waals surface area contributed by atoms with E-state index in [1.165, 1.54) is 23.5 Å². The molecule has 0 amide bonds. The van der Waals surface area contributed by atoms with Crippen LogP contribution in [0.3, 0.4) is 0 Å². The van der Waals surface area contributed by atoms with Gasteiger partial charge in [0.2, 0.25) is 4.96 Å². The highest BCUT2D eigenvalue weighted by Crippen LogP contribution is 2.40. The van der Waals surface area contributed by atoms with Crippen LogP contribution in [0.4, 0.5) is 10.1 Å². The molecule has 7 heteroatoms. The lowest BCUT2D eigenvalue weighted by Gasteiger charge is -2.00. The zero-order valence-corrected chi connectivity index (χ0v) is 10.7. The number of anilines is 1. The van der Waals surface area contributed by atoms with Gasteiger partial charge >= 0.3 is 0 Å². The van der Waals surface area contributed by atoms with Gasteiger partial charge in [0.1, 0.15) is 10.8 Å². The van der Waals surface area contributed by atoms with Crippen molar-refractivity contribution in [3.8, 4) is 10.6 Å². The summed E-state index contributed by atoms with van der Waals surface area (Å²) < 4.78 is 14.8. The van der Waals surface area contributed by atoms with Crippen LogP contribution in [-0.2, 0) is 0 Å². The molecular formula is C12H10FN5S. The number of nitrogens with two attached hydrogens (primary N) is 1. The lowest BCUT2D eigenvalue weighted by Crippen LogP contribution is -1.95. The summed E-state index contributed by atoms with van der Waals surface area (Å²) >= 11 is 1.41. The van der Waals surface area contributed by atoms with Crippen molar-refractivity contribution in [3.05, 3.63) is 29.8 Å². The molecule has 0 spiro atoms. The molecule has 1 fully saturated rings. The van der Waals surface area contributed by atoms with Crippen LogP contribution in [0, 0.1) is 5.82 Å². The second kappa shape index (κ2) is 3.74. The topological polar surface area (TPSA) is 69.1 Å². The molecule has 0 saturated heterocycles. The van der Waals surface area contributed by atoms with Crippen LogP contribution in [0.15, 0.2) is 18.2 Å². The standard InChI is InChI=1S/C12H10FN5S/c13-7-3-4-8(9(14)5-7)11-17-18-10(6-1-2-6)15-16-12(18)19-11/h3-6H,1-2,14H2. The summed E-state index contributed by atoms with van der Waals surface area (Å²) in [4.78, 5) is 0.751. The maximum absolute atomic E-state index is 13.1. The highest BCUT2D eigenvalue weighted by atomic mass is 32.1. The Hall–Kier alpha value is -2.02. The second-order valence-electron chi connectivity index (χ2n) is 4.67. The zero-order valence-electron chi connectivity index (χ0n) is 9.88. The molecule has 0 atom stereocenters. The first-order chi connectivity index (χ1) is 9.22. The molecule has 1 aliphatic rings. The summed E-state index contributed by atoms with van der Waals surface area (Å²) in [7, 11) is 0. The van der Waals surface area contributed by atoms with Crippen molar-refractivity contribution >= 4 is 22.0 Å². The van der Waals surface area contributed by atoms with E-state index in [9.17, 15) is 4.39 Å². The van der Waals surface area contributed by atoms with Crippen molar-refractivity contribution in [1.29, 1.82) is 0 Å². The Balaban J connectivity index is 1.86. The third-order valence-electron chi connectivity index (χ3n) is 3.20. The van der Waals surface area contributed by atoms with Gasteiger partial charge in [-0.3, -0.25) is 0 Å². The average Bonchev–Trinajstić information content (AvgIpc) is 2.99. The molecule has 96 valence electrons. The largest absolute Gasteiger partial charge is 0.398 e. The summed E-state index contributed by atoms with van der Waals surface area (Å²) in [5.41, 5.74) is 6.96. The summed E-state index contributed by atoms with van der Waals surface area (Å²) in [6.07, 6.45) is 2.29. The molecule has 0 unspecified atom stereocenters. The molecule has 1 aromatic carbocycles.